The molecule has 0 saturated carbocycles. The van der Waals surface area contributed by atoms with Crippen LogP contribution in [-0.2, 0) is 7.05 Å². The van der Waals surface area contributed by atoms with Gasteiger partial charge >= 0.3 is 0 Å². The van der Waals surface area contributed by atoms with Crippen molar-refractivity contribution >= 4 is 22.2 Å². The smallest absolute Gasteiger partial charge is 0.167 e. The second-order valence-corrected chi connectivity index (χ2v) is 4.27. The number of halogens is 1. The summed E-state index contributed by atoms with van der Waals surface area (Å²) in [5.41, 5.74) is 2.73. The van der Waals surface area contributed by atoms with E-state index in [0.717, 1.165) is 21.9 Å². The van der Waals surface area contributed by atoms with E-state index in [2.05, 4.69) is 15.9 Å². The van der Waals surface area contributed by atoms with Crippen molar-refractivity contribution in [3.63, 3.8) is 0 Å². The maximum absolute atomic E-state index is 10.9. The Balaban J connectivity index is 2.53. The molecule has 3 heteroatoms. The largest absolute Gasteiger partial charge is 0.348 e. The van der Waals surface area contributed by atoms with Gasteiger partial charge in [-0.15, -0.1) is 0 Å². The minimum Gasteiger partial charge on any atom is -0.348 e. The van der Waals surface area contributed by atoms with E-state index in [4.69, 9.17) is 0 Å². The van der Waals surface area contributed by atoms with Crippen LogP contribution in [0.4, 0.5) is 0 Å². The summed E-state index contributed by atoms with van der Waals surface area (Å²) in [6, 6.07) is 9.87. The van der Waals surface area contributed by atoms with E-state index in [1.807, 2.05) is 48.1 Å². The number of nitrogens with zero attached hydrogens (tertiary/aromatic N) is 1. The fourth-order valence-corrected chi connectivity index (χ4v) is 1.83. The molecule has 0 fully saturated rings. The highest BCUT2D eigenvalue weighted by Crippen LogP contribution is 2.24. The Morgan fingerprint density at radius 3 is 2.47 bits per heavy atom. The third kappa shape index (κ3) is 1.88. The molecule has 0 aliphatic heterocycles. The van der Waals surface area contributed by atoms with Gasteiger partial charge < -0.3 is 4.57 Å². The molecule has 0 atom stereocenters. The fraction of sp³-hybridized carbons (Fsp3) is 0.0833. The number of carbonyl (C=O) groups excluding carboxylic acids is 1. The summed E-state index contributed by atoms with van der Waals surface area (Å²) in [6.07, 6.45) is 2.78. The van der Waals surface area contributed by atoms with Gasteiger partial charge in [0.05, 0.1) is 5.69 Å². The number of aldehydes is 1. The van der Waals surface area contributed by atoms with Crippen LogP contribution in [0, 0.1) is 0 Å². The number of aromatic nitrogens is 1. The van der Waals surface area contributed by atoms with E-state index in [1.54, 1.807) is 0 Å². The van der Waals surface area contributed by atoms with Crippen LogP contribution >= 0.6 is 15.9 Å². The first-order valence-corrected chi connectivity index (χ1v) is 5.38. The number of aryl methyl sites for hydroxylation is 1. The summed E-state index contributed by atoms with van der Waals surface area (Å²) in [4.78, 5) is 10.9. The Morgan fingerprint density at radius 1 is 1.20 bits per heavy atom. The predicted octanol–water partition coefficient (Wildman–Crippen LogP) is 3.27. The summed E-state index contributed by atoms with van der Waals surface area (Å²) >= 11 is 3.38. The van der Waals surface area contributed by atoms with Gasteiger partial charge in [-0.25, -0.2) is 0 Å². The van der Waals surface area contributed by atoms with Crippen LogP contribution in [0.3, 0.4) is 0 Å². The average Bonchev–Trinajstić information content (AvgIpc) is 2.61. The zero-order valence-electron chi connectivity index (χ0n) is 8.27. The standard InChI is InChI=1S/C12H10BrNO/c1-14-7-6-11(12(14)8-15)9-2-4-10(13)5-3-9/h2-8H,1H3. The topological polar surface area (TPSA) is 22.0 Å². The first-order valence-electron chi connectivity index (χ1n) is 4.59. The van der Waals surface area contributed by atoms with E-state index in [-0.39, 0.29) is 0 Å². The molecule has 0 unspecified atom stereocenters. The molecule has 0 bridgehead atoms. The van der Waals surface area contributed by atoms with Crippen molar-refractivity contribution in [1.82, 2.24) is 4.57 Å². The van der Waals surface area contributed by atoms with Crippen LogP contribution in [0.1, 0.15) is 10.5 Å². The van der Waals surface area contributed by atoms with Crippen molar-refractivity contribution in [2.45, 2.75) is 0 Å². The zero-order chi connectivity index (χ0) is 10.8. The number of hydrogen-bond donors (Lipinski definition) is 0. The molecule has 0 radical (unpaired) electrons. The lowest BCUT2D eigenvalue weighted by atomic mass is 10.1. The SMILES string of the molecule is Cn1ccc(-c2ccc(Br)cc2)c1C=O. The van der Waals surface area contributed by atoms with Gasteiger partial charge in [-0.3, -0.25) is 4.79 Å². The molecular weight excluding hydrogens is 254 g/mol. The maximum atomic E-state index is 10.9. The minimum absolute atomic E-state index is 0.706. The first-order chi connectivity index (χ1) is 7.22. The lowest BCUT2D eigenvalue weighted by Gasteiger charge is -2.01. The second-order valence-electron chi connectivity index (χ2n) is 3.35. The van der Waals surface area contributed by atoms with Gasteiger partial charge in [0, 0.05) is 23.3 Å². The molecule has 15 heavy (non-hydrogen) atoms. The van der Waals surface area contributed by atoms with Gasteiger partial charge in [0.15, 0.2) is 6.29 Å². The summed E-state index contributed by atoms with van der Waals surface area (Å²) in [6.45, 7) is 0. The van der Waals surface area contributed by atoms with Crippen molar-refractivity contribution in [3.05, 3.63) is 46.7 Å². The number of benzene rings is 1. The molecule has 1 heterocycles. The molecular formula is C12H10BrNO. The van der Waals surface area contributed by atoms with Crippen LogP contribution in [-0.4, -0.2) is 10.9 Å². The van der Waals surface area contributed by atoms with Crippen molar-refractivity contribution in [2.75, 3.05) is 0 Å². The van der Waals surface area contributed by atoms with E-state index in [1.165, 1.54) is 0 Å². The Bertz CT molecular complexity index is 485. The highest BCUT2D eigenvalue weighted by molar-refractivity contribution is 9.10. The lowest BCUT2D eigenvalue weighted by molar-refractivity contribution is 0.111. The maximum Gasteiger partial charge on any atom is 0.167 e. The number of rotatable bonds is 2. The predicted molar refractivity (Wildman–Crippen MR) is 63.9 cm³/mol. The molecule has 0 spiro atoms. The normalized spacial score (nSPS) is 10.3. The highest BCUT2D eigenvalue weighted by atomic mass is 79.9. The van der Waals surface area contributed by atoms with Crippen LogP contribution in [0.25, 0.3) is 11.1 Å². The van der Waals surface area contributed by atoms with Crippen LogP contribution < -0.4 is 0 Å². The lowest BCUT2D eigenvalue weighted by Crippen LogP contribution is -1.93. The Morgan fingerprint density at radius 2 is 1.87 bits per heavy atom. The summed E-state index contributed by atoms with van der Waals surface area (Å²) in [5.74, 6) is 0. The van der Waals surface area contributed by atoms with Crippen molar-refractivity contribution in [1.29, 1.82) is 0 Å². The number of carbonyl (C=O) groups is 1. The minimum atomic E-state index is 0.706. The Hall–Kier alpha value is -1.35. The molecule has 2 nitrogen and oxygen atoms in total. The Labute approximate surface area is 96.7 Å². The van der Waals surface area contributed by atoms with E-state index in [9.17, 15) is 4.79 Å². The van der Waals surface area contributed by atoms with Crippen molar-refractivity contribution in [2.24, 2.45) is 7.05 Å². The first kappa shape index (κ1) is 10.2. The quantitative estimate of drug-likeness (QED) is 0.763. The van der Waals surface area contributed by atoms with Gasteiger partial charge in [-0.05, 0) is 23.8 Å². The van der Waals surface area contributed by atoms with Gasteiger partial charge in [0.2, 0.25) is 0 Å². The molecule has 76 valence electrons. The van der Waals surface area contributed by atoms with E-state index < -0.39 is 0 Å². The molecule has 2 rings (SSSR count). The van der Waals surface area contributed by atoms with Crippen molar-refractivity contribution < 1.29 is 4.79 Å². The molecule has 0 aliphatic rings. The van der Waals surface area contributed by atoms with Gasteiger partial charge in [0.1, 0.15) is 0 Å². The van der Waals surface area contributed by atoms with Gasteiger partial charge in [0.25, 0.3) is 0 Å². The molecule has 0 N–H and O–H groups in total. The molecule has 1 aromatic heterocycles. The third-order valence-corrected chi connectivity index (χ3v) is 2.92. The van der Waals surface area contributed by atoms with E-state index >= 15 is 0 Å². The molecule has 0 aliphatic carbocycles. The molecule has 0 saturated heterocycles. The highest BCUT2D eigenvalue weighted by Gasteiger charge is 2.07. The third-order valence-electron chi connectivity index (χ3n) is 2.39. The average molecular weight is 264 g/mol. The monoisotopic (exact) mass is 263 g/mol. The zero-order valence-corrected chi connectivity index (χ0v) is 9.86. The van der Waals surface area contributed by atoms with Crippen LogP contribution in [0.2, 0.25) is 0 Å². The number of hydrogen-bond acceptors (Lipinski definition) is 1. The molecule has 2 aromatic rings. The molecule has 0 amide bonds. The van der Waals surface area contributed by atoms with Crippen LogP contribution in [0.15, 0.2) is 41.0 Å². The van der Waals surface area contributed by atoms with E-state index in [0.29, 0.717) is 5.69 Å². The van der Waals surface area contributed by atoms with Gasteiger partial charge in [-0.2, -0.15) is 0 Å². The van der Waals surface area contributed by atoms with Crippen molar-refractivity contribution in [3.8, 4) is 11.1 Å². The Kier molecular flexibility index (Phi) is 2.73. The summed E-state index contributed by atoms with van der Waals surface area (Å²) < 4.78 is 2.86. The fourth-order valence-electron chi connectivity index (χ4n) is 1.56. The summed E-state index contributed by atoms with van der Waals surface area (Å²) in [7, 11) is 1.87. The summed E-state index contributed by atoms with van der Waals surface area (Å²) in [5, 5.41) is 0. The van der Waals surface area contributed by atoms with Crippen LogP contribution in [0.5, 0.6) is 0 Å². The molecule has 1 aromatic carbocycles. The van der Waals surface area contributed by atoms with Gasteiger partial charge in [-0.1, -0.05) is 28.1 Å². The second kappa shape index (κ2) is 4.03.